The molecule has 0 spiro atoms. The highest BCUT2D eigenvalue weighted by atomic mass is 32.1. The zero-order valence-electron chi connectivity index (χ0n) is 6.94. The van der Waals surface area contributed by atoms with E-state index in [-0.39, 0.29) is 5.69 Å². The molecule has 0 aliphatic heterocycles. The molecular formula is C9H7NO2S. The Balaban J connectivity index is 2.86. The number of carboxylic acids is 1. The number of benzene rings is 1. The molecule has 0 saturated heterocycles. The molecule has 0 fully saturated rings. The predicted octanol–water partition coefficient (Wildman–Crippen LogP) is 2.30. The lowest BCUT2D eigenvalue weighted by Gasteiger charge is -1.94. The van der Waals surface area contributed by atoms with E-state index in [2.05, 4.69) is 4.37 Å². The second-order valence-electron chi connectivity index (χ2n) is 2.78. The Labute approximate surface area is 78.8 Å². The number of aryl methyl sites for hydroxylation is 1. The fourth-order valence-electron chi connectivity index (χ4n) is 1.31. The molecule has 2 rings (SSSR count). The Bertz CT molecular complexity index is 475. The standard InChI is InChI=1S/C9H7NO2S/c1-5-3-2-4-6-7(5)8(9(11)12)10-13-6/h2-4H,1H3,(H,11,12). The summed E-state index contributed by atoms with van der Waals surface area (Å²) in [7, 11) is 0. The SMILES string of the molecule is Cc1cccc2snc(C(=O)O)c12. The van der Waals surface area contributed by atoms with E-state index < -0.39 is 5.97 Å². The molecule has 1 heterocycles. The molecule has 1 aromatic heterocycles. The average Bonchev–Trinajstić information content (AvgIpc) is 2.49. The molecule has 2 aromatic rings. The molecule has 0 atom stereocenters. The number of aromatic carboxylic acids is 1. The molecule has 0 unspecified atom stereocenters. The fourth-order valence-corrected chi connectivity index (χ4v) is 2.15. The summed E-state index contributed by atoms with van der Waals surface area (Å²) in [6, 6.07) is 5.68. The van der Waals surface area contributed by atoms with Crippen molar-refractivity contribution in [2.24, 2.45) is 0 Å². The van der Waals surface area contributed by atoms with Crippen LogP contribution in [0, 0.1) is 6.92 Å². The van der Waals surface area contributed by atoms with Gasteiger partial charge in [0.05, 0.1) is 4.70 Å². The van der Waals surface area contributed by atoms with Crippen molar-refractivity contribution in [1.29, 1.82) is 0 Å². The monoisotopic (exact) mass is 193 g/mol. The van der Waals surface area contributed by atoms with Crippen LogP contribution in [0.4, 0.5) is 0 Å². The van der Waals surface area contributed by atoms with Crippen molar-refractivity contribution in [2.75, 3.05) is 0 Å². The number of hydrogen-bond donors (Lipinski definition) is 1. The molecule has 1 N–H and O–H groups in total. The van der Waals surface area contributed by atoms with Crippen LogP contribution in [0.3, 0.4) is 0 Å². The third-order valence-electron chi connectivity index (χ3n) is 1.91. The Morgan fingerprint density at radius 2 is 2.31 bits per heavy atom. The lowest BCUT2D eigenvalue weighted by atomic mass is 10.1. The van der Waals surface area contributed by atoms with Gasteiger partial charge in [0.25, 0.3) is 0 Å². The van der Waals surface area contributed by atoms with E-state index in [1.165, 1.54) is 11.5 Å². The summed E-state index contributed by atoms with van der Waals surface area (Å²) in [6.07, 6.45) is 0. The quantitative estimate of drug-likeness (QED) is 0.756. The summed E-state index contributed by atoms with van der Waals surface area (Å²) >= 11 is 1.23. The van der Waals surface area contributed by atoms with Gasteiger partial charge in [0.1, 0.15) is 0 Å². The van der Waals surface area contributed by atoms with Gasteiger partial charge in [0, 0.05) is 5.39 Å². The van der Waals surface area contributed by atoms with Crippen LogP contribution in [0.5, 0.6) is 0 Å². The van der Waals surface area contributed by atoms with Crippen LogP contribution in [0.15, 0.2) is 18.2 Å². The summed E-state index contributed by atoms with van der Waals surface area (Å²) in [5.41, 5.74) is 1.13. The van der Waals surface area contributed by atoms with Gasteiger partial charge < -0.3 is 5.11 Å². The molecule has 66 valence electrons. The first kappa shape index (κ1) is 8.19. The van der Waals surface area contributed by atoms with Crippen LogP contribution >= 0.6 is 11.5 Å². The van der Waals surface area contributed by atoms with E-state index in [1.54, 1.807) is 0 Å². The van der Waals surface area contributed by atoms with Gasteiger partial charge in [0.2, 0.25) is 0 Å². The first-order valence-electron chi connectivity index (χ1n) is 3.78. The van der Waals surface area contributed by atoms with Gasteiger partial charge >= 0.3 is 5.97 Å². The molecule has 0 radical (unpaired) electrons. The van der Waals surface area contributed by atoms with Crippen LogP contribution in [-0.4, -0.2) is 15.4 Å². The maximum atomic E-state index is 10.8. The molecule has 0 aliphatic rings. The number of fused-ring (bicyclic) bond motifs is 1. The lowest BCUT2D eigenvalue weighted by molar-refractivity contribution is 0.0694. The molecule has 0 amide bonds. The number of nitrogens with zero attached hydrogens (tertiary/aromatic N) is 1. The van der Waals surface area contributed by atoms with Gasteiger partial charge in [-0.05, 0) is 30.1 Å². The first-order valence-corrected chi connectivity index (χ1v) is 4.56. The van der Waals surface area contributed by atoms with Crippen LogP contribution in [0.1, 0.15) is 16.1 Å². The molecule has 3 nitrogen and oxygen atoms in total. The van der Waals surface area contributed by atoms with E-state index in [0.717, 1.165) is 15.6 Å². The fraction of sp³-hybridized carbons (Fsp3) is 0.111. The van der Waals surface area contributed by atoms with Crippen molar-refractivity contribution in [2.45, 2.75) is 6.92 Å². The number of rotatable bonds is 1. The van der Waals surface area contributed by atoms with Crippen LogP contribution in [-0.2, 0) is 0 Å². The minimum absolute atomic E-state index is 0.165. The lowest BCUT2D eigenvalue weighted by Crippen LogP contribution is -1.96. The number of aromatic nitrogens is 1. The summed E-state index contributed by atoms with van der Waals surface area (Å²) in [5.74, 6) is -0.958. The van der Waals surface area contributed by atoms with E-state index >= 15 is 0 Å². The van der Waals surface area contributed by atoms with Gasteiger partial charge in [0.15, 0.2) is 5.69 Å². The van der Waals surface area contributed by atoms with Gasteiger partial charge in [-0.2, -0.15) is 4.37 Å². The Morgan fingerprint density at radius 3 is 3.00 bits per heavy atom. The van der Waals surface area contributed by atoms with E-state index in [1.807, 2.05) is 25.1 Å². The summed E-state index contributed by atoms with van der Waals surface area (Å²) in [5, 5.41) is 9.60. The second-order valence-corrected chi connectivity index (χ2v) is 3.59. The Kier molecular flexibility index (Phi) is 1.77. The molecule has 13 heavy (non-hydrogen) atoms. The van der Waals surface area contributed by atoms with E-state index in [0.29, 0.717) is 0 Å². The Hall–Kier alpha value is -1.42. The summed E-state index contributed by atoms with van der Waals surface area (Å²) < 4.78 is 4.83. The van der Waals surface area contributed by atoms with E-state index in [4.69, 9.17) is 5.11 Å². The molecule has 0 saturated carbocycles. The van der Waals surface area contributed by atoms with Gasteiger partial charge in [-0.3, -0.25) is 0 Å². The minimum Gasteiger partial charge on any atom is -0.476 e. The number of carboxylic acid groups (broad SMARTS) is 1. The Morgan fingerprint density at radius 1 is 1.54 bits per heavy atom. The number of hydrogen-bond acceptors (Lipinski definition) is 3. The zero-order valence-corrected chi connectivity index (χ0v) is 7.76. The maximum absolute atomic E-state index is 10.8. The highest BCUT2D eigenvalue weighted by Crippen LogP contribution is 2.25. The first-order chi connectivity index (χ1) is 6.20. The van der Waals surface area contributed by atoms with Crippen LogP contribution < -0.4 is 0 Å². The molecular weight excluding hydrogens is 186 g/mol. The van der Waals surface area contributed by atoms with Crippen molar-refractivity contribution in [3.05, 3.63) is 29.5 Å². The molecule has 4 heteroatoms. The minimum atomic E-state index is -0.958. The smallest absolute Gasteiger partial charge is 0.356 e. The zero-order chi connectivity index (χ0) is 9.42. The predicted molar refractivity (Wildman–Crippen MR) is 51.3 cm³/mol. The van der Waals surface area contributed by atoms with Gasteiger partial charge in [-0.1, -0.05) is 12.1 Å². The second kappa shape index (κ2) is 2.81. The van der Waals surface area contributed by atoms with E-state index in [9.17, 15) is 4.79 Å². The van der Waals surface area contributed by atoms with Crippen molar-refractivity contribution < 1.29 is 9.90 Å². The molecule has 0 bridgehead atoms. The highest BCUT2D eigenvalue weighted by molar-refractivity contribution is 7.13. The average molecular weight is 193 g/mol. The van der Waals surface area contributed by atoms with Crippen molar-refractivity contribution in [3.63, 3.8) is 0 Å². The van der Waals surface area contributed by atoms with Crippen LogP contribution in [0.2, 0.25) is 0 Å². The van der Waals surface area contributed by atoms with Crippen molar-refractivity contribution in [1.82, 2.24) is 4.37 Å². The third-order valence-corrected chi connectivity index (χ3v) is 2.72. The van der Waals surface area contributed by atoms with Crippen molar-refractivity contribution in [3.8, 4) is 0 Å². The molecule has 1 aromatic carbocycles. The van der Waals surface area contributed by atoms with Crippen molar-refractivity contribution >= 4 is 27.6 Å². The molecule has 0 aliphatic carbocycles. The normalized spacial score (nSPS) is 10.5. The van der Waals surface area contributed by atoms with Crippen LogP contribution in [0.25, 0.3) is 10.1 Å². The summed E-state index contributed by atoms with van der Waals surface area (Å²) in [6.45, 7) is 1.89. The topological polar surface area (TPSA) is 50.2 Å². The maximum Gasteiger partial charge on any atom is 0.356 e. The highest BCUT2D eigenvalue weighted by Gasteiger charge is 2.13. The third kappa shape index (κ3) is 1.19. The largest absolute Gasteiger partial charge is 0.476 e. The van der Waals surface area contributed by atoms with Gasteiger partial charge in [-0.25, -0.2) is 4.79 Å². The summed E-state index contributed by atoms with van der Waals surface area (Å²) in [4.78, 5) is 10.8. The van der Waals surface area contributed by atoms with Gasteiger partial charge in [-0.15, -0.1) is 0 Å². The number of carbonyl (C=O) groups is 1.